The number of pyridine rings is 1. The van der Waals surface area contributed by atoms with Crippen LogP contribution in [0.4, 0.5) is 0 Å². The van der Waals surface area contributed by atoms with Gasteiger partial charge < -0.3 is 10.1 Å². The van der Waals surface area contributed by atoms with Crippen LogP contribution in [-0.4, -0.2) is 18.1 Å². The second-order valence-electron chi connectivity index (χ2n) is 4.65. The van der Waals surface area contributed by atoms with Crippen LogP contribution in [0.3, 0.4) is 0 Å². The highest BCUT2D eigenvalue weighted by Crippen LogP contribution is 2.14. The van der Waals surface area contributed by atoms with Crippen LogP contribution >= 0.6 is 0 Å². The number of rotatable bonds is 6. The van der Waals surface area contributed by atoms with Crippen molar-refractivity contribution in [3.63, 3.8) is 0 Å². The fourth-order valence-corrected chi connectivity index (χ4v) is 1.82. The van der Waals surface area contributed by atoms with E-state index in [-0.39, 0.29) is 0 Å². The van der Waals surface area contributed by atoms with E-state index in [0.717, 1.165) is 17.9 Å². The SMILES string of the molecule is CNC(C)Cc1ccc(OCc2ccccn2)cc1. The molecular weight excluding hydrogens is 236 g/mol. The van der Waals surface area contributed by atoms with Gasteiger partial charge in [-0.2, -0.15) is 0 Å². The fourth-order valence-electron chi connectivity index (χ4n) is 1.82. The molecule has 100 valence electrons. The van der Waals surface area contributed by atoms with Gasteiger partial charge in [0.25, 0.3) is 0 Å². The third-order valence-electron chi connectivity index (χ3n) is 3.07. The van der Waals surface area contributed by atoms with E-state index in [0.29, 0.717) is 12.6 Å². The monoisotopic (exact) mass is 256 g/mol. The van der Waals surface area contributed by atoms with Crippen LogP contribution < -0.4 is 10.1 Å². The van der Waals surface area contributed by atoms with Crippen molar-refractivity contribution in [1.29, 1.82) is 0 Å². The molecule has 0 saturated heterocycles. The van der Waals surface area contributed by atoms with Gasteiger partial charge in [0, 0.05) is 12.2 Å². The van der Waals surface area contributed by atoms with Crippen LogP contribution in [0.1, 0.15) is 18.2 Å². The molecule has 0 aliphatic carbocycles. The smallest absolute Gasteiger partial charge is 0.130 e. The van der Waals surface area contributed by atoms with Gasteiger partial charge in [0.15, 0.2) is 0 Å². The van der Waals surface area contributed by atoms with Gasteiger partial charge in [-0.25, -0.2) is 0 Å². The summed E-state index contributed by atoms with van der Waals surface area (Å²) in [4.78, 5) is 4.23. The molecule has 1 aromatic heterocycles. The van der Waals surface area contributed by atoms with Gasteiger partial charge in [-0.05, 0) is 50.2 Å². The van der Waals surface area contributed by atoms with Crippen LogP contribution in [0.15, 0.2) is 48.7 Å². The van der Waals surface area contributed by atoms with Crippen molar-refractivity contribution in [3.05, 3.63) is 59.9 Å². The zero-order valence-electron chi connectivity index (χ0n) is 11.5. The summed E-state index contributed by atoms with van der Waals surface area (Å²) in [5, 5.41) is 3.24. The molecule has 0 amide bonds. The predicted octanol–water partition coefficient (Wildman–Crippen LogP) is 2.81. The van der Waals surface area contributed by atoms with E-state index in [4.69, 9.17) is 4.74 Å². The number of hydrogen-bond acceptors (Lipinski definition) is 3. The fraction of sp³-hybridized carbons (Fsp3) is 0.312. The molecule has 0 spiro atoms. The Labute approximate surface area is 114 Å². The van der Waals surface area contributed by atoms with Gasteiger partial charge in [0.05, 0.1) is 5.69 Å². The van der Waals surface area contributed by atoms with E-state index in [1.165, 1.54) is 5.56 Å². The van der Waals surface area contributed by atoms with Crippen molar-refractivity contribution in [2.45, 2.75) is 26.0 Å². The van der Waals surface area contributed by atoms with Gasteiger partial charge in [0.2, 0.25) is 0 Å². The van der Waals surface area contributed by atoms with Gasteiger partial charge in [0.1, 0.15) is 12.4 Å². The van der Waals surface area contributed by atoms with Gasteiger partial charge in [-0.1, -0.05) is 18.2 Å². The second-order valence-corrected chi connectivity index (χ2v) is 4.65. The number of nitrogens with one attached hydrogen (secondary N) is 1. The zero-order chi connectivity index (χ0) is 13.5. The van der Waals surface area contributed by atoms with E-state index in [9.17, 15) is 0 Å². The Bertz CT molecular complexity index is 482. The number of likely N-dealkylation sites (N-methyl/N-ethyl adjacent to an activating group) is 1. The summed E-state index contributed by atoms with van der Waals surface area (Å²) in [5.74, 6) is 0.881. The molecule has 2 rings (SSSR count). The highest BCUT2D eigenvalue weighted by molar-refractivity contribution is 5.28. The summed E-state index contributed by atoms with van der Waals surface area (Å²) in [6.45, 7) is 2.68. The van der Waals surface area contributed by atoms with Crippen LogP contribution in [0.25, 0.3) is 0 Å². The van der Waals surface area contributed by atoms with Gasteiger partial charge in [-0.3, -0.25) is 4.98 Å². The average molecular weight is 256 g/mol. The Morgan fingerprint density at radius 1 is 1.16 bits per heavy atom. The standard InChI is InChI=1S/C16H20N2O/c1-13(17-2)11-14-6-8-16(9-7-14)19-12-15-5-3-4-10-18-15/h3-10,13,17H,11-12H2,1-2H3. The maximum Gasteiger partial charge on any atom is 0.130 e. The van der Waals surface area contributed by atoms with Crippen molar-refractivity contribution in [2.24, 2.45) is 0 Å². The van der Waals surface area contributed by atoms with E-state index >= 15 is 0 Å². The van der Waals surface area contributed by atoms with Crippen LogP contribution in [0.5, 0.6) is 5.75 Å². The first kappa shape index (κ1) is 13.6. The van der Waals surface area contributed by atoms with Gasteiger partial charge >= 0.3 is 0 Å². The molecule has 3 heteroatoms. The summed E-state index contributed by atoms with van der Waals surface area (Å²) in [6.07, 6.45) is 2.80. The molecule has 1 aromatic carbocycles. The average Bonchev–Trinajstić information content (AvgIpc) is 2.47. The molecular formula is C16H20N2O. The molecule has 3 nitrogen and oxygen atoms in total. The first-order chi connectivity index (χ1) is 9.28. The quantitative estimate of drug-likeness (QED) is 0.863. The van der Waals surface area contributed by atoms with Crippen molar-refractivity contribution in [3.8, 4) is 5.75 Å². The molecule has 19 heavy (non-hydrogen) atoms. The number of ether oxygens (including phenoxy) is 1. The van der Waals surface area contributed by atoms with Crippen molar-refractivity contribution in [2.75, 3.05) is 7.05 Å². The Hall–Kier alpha value is -1.87. The van der Waals surface area contributed by atoms with Crippen LogP contribution in [0, 0.1) is 0 Å². The minimum atomic E-state index is 0.486. The molecule has 1 atom stereocenters. The summed E-state index contributed by atoms with van der Waals surface area (Å²) in [6, 6.07) is 14.6. The predicted molar refractivity (Wildman–Crippen MR) is 77.2 cm³/mol. The first-order valence-corrected chi connectivity index (χ1v) is 6.57. The van der Waals surface area contributed by atoms with Crippen molar-refractivity contribution >= 4 is 0 Å². The summed E-state index contributed by atoms with van der Waals surface area (Å²) < 4.78 is 5.70. The lowest BCUT2D eigenvalue weighted by Gasteiger charge is -2.11. The molecule has 1 unspecified atom stereocenters. The van der Waals surface area contributed by atoms with Crippen molar-refractivity contribution < 1.29 is 4.74 Å². The maximum absolute atomic E-state index is 5.70. The molecule has 0 fully saturated rings. The highest BCUT2D eigenvalue weighted by atomic mass is 16.5. The second kappa shape index (κ2) is 6.90. The summed E-state index contributed by atoms with van der Waals surface area (Å²) in [7, 11) is 1.98. The lowest BCUT2D eigenvalue weighted by atomic mass is 10.1. The zero-order valence-corrected chi connectivity index (χ0v) is 11.5. The summed E-state index contributed by atoms with van der Waals surface area (Å²) >= 11 is 0. The first-order valence-electron chi connectivity index (χ1n) is 6.57. The van der Waals surface area contributed by atoms with E-state index in [2.05, 4.69) is 29.4 Å². The highest BCUT2D eigenvalue weighted by Gasteiger charge is 2.01. The molecule has 0 radical (unpaired) electrons. The van der Waals surface area contributed by atoms with Crippen LogP contribution in [0.2, 0.25) is 0 Å². The molecule has 0 aliphatic rings. The third kappa shape index (κ3) is 4.38. The number of hydrogen-bond donors (Lipinski definition) is 1. The Morgan fingerprint density at radius 3 is 2.58 bits per heavy atom. The molecule has 0 saturated carbocycles. The molecule has 1 heterocycles. The van der Waals surface area contributed by atoms with Crippen molar-refractivity contribution in [1.82, 2.24) is 10.3 Å². The Morgan fingerprint density at radius 2 is 1.95 bits per heavy atom. The lowest BCUT2D eigenvalue weighted by molar-refractivity contribution is 0.301. The molecule has 0 aliphatic heterocycles. The Balaban J connectivity index is 1.88. The van der Waals surface area contributed by atoms with E-state index < -0.39 is 0 Å². The van der Waals surface area contributed by atoms with Gasteiger partial charge in [-0.15, -0.1) is 0 Å². The number of nitrogens with zero attached hydrogens (tertiary/aromatic N) is 1. The largest absolute Gasteiger partial charge is 0.487 e. The number of benzene rings is 1. The minimum absolute atomic E-state index is 0.486. The molecule has 1 N–H and O–H groups in total. The summed E-state index contributed by atoms with van der Waals surface area (Å²) in [5.41, 5.74) is 2.25. The molecule has 0 bridgehead atoms. The minimum Gasteiger partial charge on any atom is -0.487 e. The normalized spacial score (nSPS) is 12.1. The number of aromatic nitrogens is 1. The lowest BCUT2D eigenvalue weighted by Crippen LogP contribution is -2.23. The maximum atomic E-state index is 5.70. The Kier molecular flexibility index (Phi) is 4.93. The van der Waals surface area contributed by atoms with Crippen LogP contribution in [-0.2, 0) is 13.0 Å². The van der Waals surface area contributed by atoms with E-state index in [1.54, 1.807) is 6.20 Å². The van der Waals surface area contributed by atoms with E-state index in [1.807, 2.05) is 37.4 Å². The molecule has 2 aromatic rings. The third-order valence-corrected chi connectivity index (χ3v) is 3.07. The topological polar surface area (TPSA) is 34.1 Å².